The molecule has 0 atom stereocenters. The summed E-state index contributed by atoms with van der Waals surface area (Å²) in [5.41, 5.74) is 1.37. The minimum atomic E-state index is -1.21. The number of aromatic hydroxyl groups is 1. The number of alkyl halides is 1. The second-order valence-corrected chi connectivity index (χ2v) is 11.1. The number of anilines is 1. The second-order valence-electron chi connectivity index (χ2n) is 7.00. The summed E-state index contributed by atoms with van der Waals surface area (Å²) in [7, 11) is 0. The molecule has 1 amide bonds. The van der Waals surface area contributed by atoms with E-state index in [0.29, 0.717) is 32.2 Å². The molecule has 1 aliphatic heterocycles. The van der Waals surface area contributed by atoms with Gasteiger partial charge in [0.1, 0.15) is 14.7 Å². The minimum Gasteiger partial charge on any atom is -0.505 e. The SMILES string of the molecule is O=C(CI)Nc1ccc(-c2c3cc(Br)c(=O)c(Br)c-3oc3c(Br)c(O)c(Br)cc23)c(C(=O)O)c1. The van der Waals surface area contributed by atoms with E-state index in [1.54, 1.807) is 24.3 Å². The van der Waals surface area contributed by atoms with Gasteiger partial charge in [-0.2, -0.15) is 0 Å². The van der Waals surface area contributed by atoms with Crippen molar-refractivity contribution in [2.75, 3.05) is 9.74 Å². The molecule has 2 aliphatic rings. The van der Waals surface area contributed by atoms with Gasteiger partial charge in [-0.05, 0) is 93.5 Å². The molecule has 34 heavy (non-hydrogen) atoms. The van der Waals surface area contributed by atoms with Crippen LogP contribution in [0.1, 0.15) is 10.4 Å². The van der Waals surface area contributed by atoms with Crippen molar-refractivity contribution in [2.45, 2.75) is 0 Å². The molecule has 1 heterocycles. The Labute approximate surface area is 238 Å². The molecule has 0 spiro atoms. The van der Waals surface area contributed by atoms with Gasteiger partial charge < -0.3 is 19.9 Å². The fourth-order valence-corrected chi connectivity index (χ4v) is 6.09. The number of aromatic carboxylic acids is 1. The van der Waals surface area contributed by atoms with Crippen LogP contribution in [0.25, 0.3) is 33.4 Å². The molecular weight excluding hydrogens is 821 g/mol. The van der Waals surface area contributed by atoms with Crippen LogP contribution in [-0.2, 0) is 4.79 Å². The number of carboxylic acids is 1. The average Bonchev–Trinajstić information content (AvgIpc) is 2.80. The Bertz CT molecular complexity index is 1550. The molecular formula is C22H10Br4INO6. The number of fused-ring (bicyclic) bond motifs is 2. The normalized spacial score (nSPS) is 11.2. The highest BCUT2D eigenvalue weighted by Gasteiger charge is 2.27. The van der Waals surface area contributed by atoms with Crippen LogP contribution in [0.2, 0.25) is 0 Å². The molecule has 0 unspecified atom stereocenters. The molecule has 2 aromatic rings. The van der Waals surface area contributed by atoms with Gasteiger partial charge in [-0.3, -0.25) is 9.59 Å². The molecule has 0 fully saturated rings. The largest absolute Gasteiger partial charge is 0.505 e. The van der Waals surface area contributed by atoms with Crippen LogP contribution in [0.4, 0.5) is 5.69 Å². The molecule has 0 aromatic heterocycles. The molecule has 4 rings (SSSR count). The van der Waals surface area contributed by atoms with Crippen molar-refractivity contribution in [3.63, 3.8) is 0 Å². The Morgan fingerprint density at radius 3 is 2.35 bits per heavy atom. The minimum absolute atomic E-state index is 0.0705. The first kappa shape index (κ1) is 25.6. The zero-order chi connectivity index (χ0) is 24.9. The molecule has 3 N–H and O–H groups in total. The summed E-state index contributed by atoms with van der Waals surface area (Å²) < 4.78 is 7.21. The first-order chi connectivity index (χ1) is 16.0. The lowest BCUT2D eigenvalue weighted by atomic mass is 9.90. The highest BCUT2D eigenvalue weighted by Crippen LogP contribution is 2.49. The smallest absolute Gasteiger partial charge is 0.336 e. The number of rotatable bonds is 4. The van der Waals surface area contributed by atoms with E-state index in [4.69, 9.17) is 4.42 Å². The highest BCUT2D eigenvalue weighted by atomic mass is 127. The summed E-state index contributed by atoms with van der Waals surface area (Å²) in [6.07, 6.45) is 0. The van der Waals surface area contributed by atoms with Crippen molar-refractivity contribution in [1.29, 1.82) is 0 Å². The number of benzene rings is 3. The summed E-state index contributed by atoms with van der Waals surface area (Å²) in [5, 5.41) is 23.6. The lowest BCUT2D eigenvalue weighted by Crippen LogP contribution is -2.13. The topological polar surface area (TPSA) is 117 Å². The Morgan fingerprint density at radius 1 is 1.00 bits per heavy atom. The zero-order valence-corrected chi connectivity index (χ0v) is 25.0. The van der Waals surface area contributed by atoms with E-state index in [1.807, 2.05) is 22.6 Å². The maximum Gasteiger partial charge on any atom is 0.336 e. The first-order valence-corrected chi connectivity index (χ1v) is 13.9. The number of carbonyl (C=O) groups excluding carboxylic acids is 1. The lowest BCUT2D eigenvalue weighted by Gasteiger charge is -2.20. The predicted molar refractivity (Wildman–Crippen MR) is 151 cm³/mol. The summed E-state index contributed by atoms with van der Waals surface area (Å²) in [4.78, 5) is 36.7. The van der Waals surface area contributed by atoms with Crippen LogP contribution in [-0.4, -0.2) is 26.5 Å². The molecule has 0 radical (unpaired) electrons. The fourth-order valence-electron chi connectivity index (χ4n) is 3.49. The number of halogens is 5. The highest BCUT2D eigenvalue weighted by molar-refractivity contribution is 14.1. The summed E-state index contributed by atoms with van der Waals surface area (Å²) in [5.74, 6) is -1.42. The fraction of sp³-hybridized carbons (Fsp3) is 0.0455. The van der Waals surface area contributed by atoms with Gasteiger partial charge in [0, 0.05) is 22.2 Å². The number of carbonyl (C=O) groups is 2. The van der Waals surface area contributed by atoms with Crippen molar-refractivity contribution in [3.8, 4) is 28.2 Å². The van der Waals surface area contributed by atoms with Crippen LogP contribution < -0.4 is 10.7 Å². The molecule has 174 valence electrons. The summed E-state index contributed by atoms with van der Waals surface area (Å²) in [6, 6.07) is 7.73. The number of amides is 1. The van der Waals surface area contributed by atoms with Gasteiger partial charge in [-0.15, -0.1) is 0 Å². The quantitative estimate of drug-likeness (QED) is 0.112. The van der Waals surface area contributed by atoms with Gasteiger partial charge >= 0.3 is 5.97 Å². The zero-order valence-electron chi connectivity index (χ0n) is 16.5. The van der Waals surface area contributed by atoms with Crippen molar-refractivity contribution in [3.05, 3.63) is 64.0 Å². The van der Waals surface area contributed by atoms with Crippen molar-refractivity contribution in [1.82, 2.24) is 0 Å². The van der Waals surface area contributed by atoms with E-state index >= 15 is 0 Å². The molecule has 12 heteroatoms. The molecule has 7 nitrogen and oxygen atoms in total. The first-order valence-electron chi connectivity index (χ1n) is 9.24. The third kappa shape index (κ3) is 4.43. The third-order valence-electron chi connectivity index (χ3n) is 4.95. The number of phenols is 1. The van der Waals surface area contributed by atoms with Crippen LogP contribution in [0.5, 0.6) is 5.75 Å². The average molecular weight is 831 g/mol. The van der Waals surface area contributed by atoms with Crippen LogP contribution in [0, 0.1) is 0 Å². The molecule has 0 bridgehead atoms. The van der Waals surface area contributed by atoms with E-state index in [9.17, 15) is 24.6 Å². The van der Waals surface area contributed by atoms with Gasteiger partial charge in [0.2, 0.25) is 11.3 Å². The van der Waals surface area contributed by atoms with E-state index in [1.165, 1.54) is 6.07 Å². The van der Waals surface area contributed by atoms with Gasteiger partial charge in [0.25, 0.3) is 0 Å². The summed E-state index contributed by atoms with van der Waals surface area (Å²) >= 11 is 15.1. The predicted octanol–water partition coefficient (Wildman–Crippen LogP) is 7.39. The molecule has 1 aliphatic carbocycles. The van der Waals surface area contributed by atoms with Crippen LogP contribution in [0.15, 0.2) is 57.4 Å². The van der Waals surface area contributed by atoms with Gasteiger partial charge in [0.15, 0.2) is 11.3 Å². The monoisotopic (exact) mass is 827 g/mol. The van der Waals surface area contributed by atoms with Crippen LogP contribution >= 0.6 is 86.3 Å². The number of carboxylic acid groups (broad SMARTS) is 1. The Morgan fingerprint density at radius 2 is 1.71 bits per heavy atom. The number of phenolic OH excluding ortho intramolecular Hbond substituents is 1. The van der Waals surface area contributed by atoms with E-state index in [0.717, 1.165) is 0 Å². The second kappa shape index (κ2) is 9.88. The van der Waals surface area contributed by atoms with E-state index in [-0.39, 0.29) is 51.8 Å². The van der Waals surface area contributed by atoms with E-state index in [2.05, 4.69) is 69.0 Å². The third-order valence-corrected chi connectivity index (χ3v) is 8.29. The van der Waals surface area contributed by atoms with Crippen molar-refractivity contribution in [2.24, 2.45) is 0 Å². The Hall–Kier alpha value is -1.48. The number of nitrogens with one attached hydrogen (secondary N) is 1. The summed E-state index contributed by atoms with van der Waals surface area (Å²) in [6.45, 7) is 0. The lowest BCUT2D eigenvalue weighted by molar-refractivity contribution is -0.113. The molecule has 0 saturated heterocycles. The Kier molecular flexibility index (Phi) is 7.44. The van der Waals surface area contributed by atoms with Crippen molar-refractivity contribution < 1.29 is 24.2 Å². The van der Waals surface area contributed by atoms with E-state index < -0.39 is 5.97 Å². The van der Waals surface area contributed by atoms with Gasteiger partial charge in [-0.25, -0.2) is 4.79 Å². The molecule has 0 saturated carbocycles. The number of hydrogen-bond donors (Lipinski definition) is 3. The maximum atomic E-state index is 12.6. The maximum absolute atomic E-state index is 12.6. The van der Waals surface area contributed by atoms with Crippen LogP contribution in [0.3, 0.4) is 0 Å². The van der Waals surface area contributed by atoms with Gasteiger partial charge in [-0.1, -0.05) is 28.7 Å². The van der Waals surface area contributed by atoms with Crippen molar-refractivity contribution >= 4 is 115 Å². The standard InChI is InChI=1S/C22H10Br4INO6/c23-12-4-10-15(8-2-1-7(28-14(29)6-27)3-9(8)22(32)33)11-5-13(24)19(31)17(26)21(11)34-20(10)16(25)18(12)30/h1-5,30H,6H2,(H,28,29)(H,32,33). The molecule has 2 aromatic carbocycles. The number of hydrogen-bond acceptors (Lipinski definition) is 5. The Balaban J connectivity index is 2.19. The van der Waals surface area contributed by atoms with Gasteiger partial charge in [0.05, 0.1) is 18.9 Å².